The molecule has 1 fully saturated rings. The average Bonchev–Trinajstić information content (AvgIpc) is 3.63. The molecule has 2 aliphatic heterocycles. The van der Waals surface area contributed by atoms with Crippen LogP contribution in [0.25, 0.3) is 11.5 Å². The van der Waals surface area contributed by atoms with Gasteiger partial charge in [-0.1, -0.05) is 6.07 Å². The van der Waals surface area contributed by atoms with Crippen molar-refractivity contribution in [2.75, 3.05) is 25.5 Å². The number of fused-ring (bicyclic) bond motifs is 1. The molecule has 0 saturated carbocycles. The van der Waals surface area contributed by atoms with Gasteiger partial charge in [0, 0.05) is 26.2 Å². The minimum atomic E-state index is -3.55. The summed E-state index contributed by atoms with van der Waals surface area (Å²) in [5.74, 6) is 0.780. The topological polar surface area (TPSA) is 135 Å². The summed E-state index contributed by atoms with van der Waals surface area (Å²) in [5, 5.41) is 14.6. The van der Waals surface area contributed by atoms with Gasteiger partial charge in [0.1, 0.15) is 17.3 Å². The highest BCUT2D eigenvalue weighted by Gasteiger charge is 2.36. The summed E-state index contributed by atoms with van der Waals surface area (Å²) in [7, 11) is -2.06. The highest BCUT2D eigenvalue weighted by Crippen LogP contribution is 2.33. The monoisotopic (exact) mass is 512 g/mol. The quantitative estimate of drug-likeness (QED) is 0.509. The second-order valence-electron chi connectivity index (χ2n) is 9.11. The molecular weight excluding hydrogens is 484 g/mol. The van der Waals surface area contributed by atoms with Gasteiger partial charge in [0.2, 0.25) is 5.82 Å². The van der Waals surface area contributed by atoms with Crippen LogP contribution in [0.15, 0.2) is 30.3 Å². The van der Waals surface area contributed by atoms with Gasteiger partial charge in [-0.15, -0.1) is 5.10 Å². The lowest BCUT2D eigenvalue weighted by atomic mass is 10.0. The number of anilines is 1. The summed E-state index contributed by atoms with van der Waals surface area (Å²) in [4.78, 5) is 17.7. The molecule has 0 aliphatic carbocycles. The first-order valence-electron chi connectivity index (χ1n) is 11.8. The van der Waals surface area contributed by atoms with E-state index in [-0.39, 0.29) is 19.1 Å². The molecule has 36 heavy (non-hydrogen) atoms. The summed E-state index contributed by atoms with van der Waals surface area (Å²) in [6.07, 6.45) is 1.75. The van der Waals surface area contributed by atoms with E-state index in [1.807, 2.05) is 13.8 Å². The van der Waals surface area contributed by atoms with Gasteiger partial charge >= 0.3 is 0 Å². The molecule has 1 saturated heterocycles. The van der Waals surface area contributed by atoms with Crippen LogP contribution in [0.4, 0.5) is 5.82 Å². The van der Waals surface area contributed by atoms with Crippen LogP contribution >= 0.6 is 0 Å². The number of carbonyl (C=O) groups excluding carboxylic acids is 1. The van der Waals surface area contributed by atoms with Crippen molar-refractivity contribution in [2.45, 2.75) is 45.8 Å². The van der Waals surface area contributed by atoms with E-state index in [9.17, 15) is 13.2 Å². The Bertz CT molecular complexity index is 1400. The molecule has 2 aliphatic rings. The van der Waals surface area contributed by atoms with Gasteiger partial charge in [0.25, 0.3) is 16.1 Å². The normalized spacial score (nSPS) is 16.4. The fourth-order valence-electron chi connectivity index (χ4n) is 4.51. The number of nitrogens with zero attached hydrogens (tertiary/aromatic N) is 7. The predicted octanol–water partition coefficient (Wildman–Crippen LogP) is 2.23. The fraction of sp³-hybridized carbons (Fsp3) is 0.435. The summed E-state index contributed by atoms with van der Waals surface area (Å²) in [6.45, 7) is 5.47. The van der Waals surface area contributed by atoms with Gasteiger partial charge in [-0.05, 0) is 72.5 Å². The Labute approximate surface area is 209 Å². The van der Waals surface area contributed by atoms with Crippen LogP contribution in [-0.2, 0) is 23.3 Å². The van der Waals surface area contributed by atoms with Crippen molar-refractivity contribution in [1.29, 1.82) is 0 Å². The Morgan fingerprint density at radius 3 is 2.50 bits per heavy atom. The van der Waals surface area contributed by atoms with E-state index in [2.05, 4.69) is 25.8 Å². The first-order valence-corrected chi connectivity index (χ1v) is 13.2. The van der Waals surface area contributed by atoms with Crippen molar-refractivity contribution in [1.82, 2.24) is 33.8 Å². The smallest absolute Gasteiger partial charge is 0.282 e. The SMILES string of the molecule is COc1cc2c(cc1C(=O)Nc1cccc(-c3nnnn3C(C)C)n1)CN(S(=O)(=O)N1CCCC1)C2. The molecule has 13 heteroatoms. The van der Waals surface area contributed by atoms with Gasteiger partial charge < -0.3 is 10.1 Å². The Morgan fingerprint density at radius 1 is 1.08 bits per heavy atom. The number of hydrogen-bond acceptors (Lipinski definition) is 8. The number of rotatable bonds is 7. The van der Waals surface area contributed by atoms with Crippen LogP contribution in [0.3, 0.4) is 0 Å². The lowest BCUT2D eigenvalue weighted by Crippen LogP contribution is -2.39. The Hall–Kier alpha value is -3.42. The maximum Gasteiger partial charge on any atom is 0.282 e. The molecule has 0 atom stereocenters. The largest absolute Gasteiger partial charge is 0.496 e. The molecule has 5 rings (SSSR count). The molecule has 4 heterocycles. The van der Waals surface area contributed by atoms with Gasteiger partial charge in [0.15, 0.2) is 0 Å². The molecule has 1 amide bonds. The van der Waals surface area contributed by atoms with Gasteiger partial charge in [0.05, 0.1) is 18.7 Å². The van der Waals surface area contributed by atoms with Gasteiger partial charge in [-0.25, -0.2) is 9.67 Å². The van der Waals surface area contributed by atoms with Crippen molar-refractivity contribution in [3.05, 3.63) is 47.0 Å². The molecule has 1 aromatic carbocycles. The van der Waals surface area contributed by atoms with Gasteiger partial charge in [-0.3, -0.25) is 4.79 Å². The molecule has 0 radical (unpaired) electrons. The van der Waals surface area contributed by atoms with E-state index < -0.39 is 16.1 Å². The summed E-state index contributed by atoms with van der Waals surface area (Å²) < 4.78 is 36.2. The summed E-state index contributed by atoms with van der Waals surface area (Å²) >= 11 is 0. The highest BCUT2D eigenvalue weighted by atomic mass is 32.2. The first-order chi connectivity index (χ1) is 17.3. The number of methoxy groups -OCH3 is 1. The molecule has 0 bridgehead atoms. The van der Waals surface area contributed by atoms with E-state index in [1.165, 1.54) is 15.7 Å². The van der Waals surface area contributed by atoms with Crippen molar-refractivity contribution in [3.8, 4) is 17.3 Å². The van der Waals surface area contributed by atoms with Crippen molar-refractivity contribution >= 4 is 21.9 Å². The van der Waals surface area contributed by atoms with Crippen molar-refractivity contribution in [3.63, 3.8) is 0 Å². The zero-order chi connectivity index (χ0) is 25.4. The predicted molar refractivity (Wildman–Crippen MR) is 131 cm³/mol. The lowest BCUT2D eigenvalue weighted by Gasteiger charge is -2.22. The maximum atomic E-state index is 13.2. The van der Waals surface area contributed by atoms with E-state index >= 15 is 0 Å². The van der Waals surface area contributed by atoms with Crippen LogP contribution in [0, 0.1) is 0 Å². The standard InChI is InChI=1S/C23H28N8O4S/c1-15(2)31-22(26-27-28-31)19-7-6-8-21(24-19)25-23(32)18-11-16-13-30(14-17(16)12-20(18)35-3)36(33,34)29-9-4-5-10-29/h6-8,11-12,15H,4-5,9-10,13-14H2,1-3H3,(H,24,25,32). The average molecular weight is 513 g/mol. The third kappa shape index (κ3) is 4.45. The molecule has 3 aromatic rings. The van der Waals surface area contributed by atoms with Crippen LogP contribution in [0.1, 0.15) is 54.2 Å². The van der Waals surface area contributed by atoms with Crippen LogP contribution in [-0.4, -0.2) is 68.3 Å². The third-order valence-electron chi connectivity index (χ3n) is 6.38. The second-order valence-corrected chi connectivity index (χ2v) is 11.0. The molecule has 0 unspecified atom stereocenters. The number of pyridine rings is 1. The van der Waals surface area contributed by atoms with E-state index in [0.717, 1.165) is 24.0 Å². The molecule has 12 nitrogen and oxygen atoms in total. The molecular formula is C23H28N8O4S. The first kappa shape index (κ1) is 24.3. The number of tetrazole rings is 1. The van der Waals surface area contributed by atoms with E-state index in [4.69, 9.17) is 4.74 Å². The van der Waals surface area contributed by atoms with Crippen LogP contribution in [0.5, 0.6) is 5.75 Å². The maximum absolute atomic E-state index is 13.2. The number of carbonyl (C=O) groups is 1. The summed E-state index contributed by atoms with van der Waals surface area (Å²) in [6, 6.07) is 8.69. The lowest BCUT2D eigenvalue weighted by molar-refractivity contribution is 0.102. The van der Waals surface area contributed by atoms with Crippen molar-refractivity contribution < 1.29 is 17.9 Å². The van der Waals surface area contributed by atoms with E-state index in [0.29, 0.717) is 41.7 Å². The van der Waals surface area contributed by atoms with Crippen LogP contribution in [0.2, 0.25) is 0 Å². The number of aromatic nitrogens is 5. The zero-order valence-corrected chi connectivity index (χ0v) is 21.2. The van der Waals surface area contributed by atoms with Crippen molar-refractivity contribution in [2.24, 2.45) is 0 Å². The highest BCUT2D eigenvalue weighted by molar-refractivity contribution is 7.86. The fourth-order valence-corrected chi connectivity index (χ4v) is 6.16. The molecule has 190 valence electrons. The minimum Gasteiger partial charge on any atom is -0.496 e. The van der Waals surface area contributed by atoms with Gasteiger partial charge in [-0.2, -0.15) is 17.0 Å². The Morgan fingerprint density at radius 2 is 1.81 bits per heavy atom. The number of hydrogen-bond donors (Lipinski definition) is 1. The zero-order valence-electron chi connectivity index (χ0n) is 20.4. The van der Waals surface area contributed by atoms with Crippen LogP contribution < -0.4 is 10.1 Å². The Balaban J connectivity index is 1.38. The molecule has 0 spiro atoms. The molecule has 2 aromatic heterocycles. The third-order valence-corrected chi connectivity index (χ3v) is 8.31. The van der Waals surface area contributed by atoms with E-state index in [1.54, 1.807) is 35.0 Å². The minimum absolute atomic E-state index is 0.0413. The number of benzene rings is 1. The second kappa shape index (κ2) is 9.56. The summed E-state index contributed by atoms with van der Waals surface area (Å²) in [5.41, 5.74) is 2.43. The number of amides is 1. The number of ether oxygens (including phenoxy) is 1. The number of nitrogens with one attached hydrogen (secondary N) is 1. The Kier molecular flexibility index (Phi) is 6.45. The molecule has 1 N–H and O–H groups in total.